The van der Waals surface area contributed by atoms with Crippen LogP contribution in [0, 0.1) is 6.92 Å². The molecular formula is C29H35BN2S. The third-order valence-electron chi connectivity index (χ3n) is 5.26. The van der Waals surface area contributed by atoms with Crippen molar-refractivity contribution in [3.05, 3.63) is 124 Å². The van der Waals surface area contributed by atoms with E-state index in [0.717, 1.165) is 41.9 Å². The Morgan fingerprint density at radius 3 is 2.48 bits per heavy atom. The molecule has 3 aromatic heterocycles. The Hall–Kier alpha value is -2.98. The van der Waals surface area contributed by atoms with Gasteiger partial charge >= 0.3 is 49.9 Å². The van der Waals surface area contributed by atoms with E-state index in [0.29, 0.717) is 0 Å². The second-order valence-corrected chi connectivity index (χ2v) is 8.74. The number of pyridine rings is 1. The second kappa shape index (κ2) is 14.2. The van der Waals surface area contributed by atoms with Gasteiger partial charge in [-0.05, 0) is 71.5 Å². The zero-order valence-electron chi connectivity index (χ0n) is 20.4. The average molecular weight is 454 g/mol. The van der Waals surface area contributed by atoms with E-state index in [2.05, 4.69) is 92.1 Å². The molecule has 0 aromatic carbocycles. The summed E-state index contributed by atoms with van der Waals surface area (Å²) in [7, 11) is 0. The molecule has 0 spiro atoms. The van der Waals surface area contributed by atoms with Crippen LogP contribution < -0.4 is 5.32 Å². The van der Waals surface area contributed by atoms with Gasteiger partial charge in [0, 0.05) is 30.6 Å². The molecule has 0 aliphatic carbocycles. The molecule has 3 aromatic rings. The molecule has 3 heterocycles. The SMILES string of the molecule is C=C(C)/C(=C/C=C(\C)c1cscc1C)C(=C)NCCc1ccccn1.CCc1cbccc1. The number of thiophene rings is 1. The molecular weight excluding hydrogens is 419 g/mol. The summed E-state index contributed by atoms with van der Waals surface area (Å²) < 4.78 is 0. The number of rotatable bonds is 9. The first-order chi connectivity index (χ1) is 15.9. The molecule has 0 radical (unpaired) electrons. The maximum absolute atomic E-state index is 4.34. The van der Waals surface area contributed by atoms with Crippen LogP contribution in [0.15, 0.2) is 101 Å². The van der Waals surface area contributed by atoms with E-state index >= 15 is 0 Å². The Balaban J connectivity index is 0.000000405. The van der Waals surface area contributed by atoms with E-state index in [1.54, 1.807) is 11.3 Å². The number of aryl methyl sites for hydroxylation is 2. The summed E-state index contributed by atoms with van der Waals surface area (Å²) in [5.74, 6) is 4.18. The minimum absolute atomic E-state index is 0.798. The van der Waals surface area contributed by atoms with E-state index in [4.69, 9.17) is 0 Å². The van der Waals surface area contributed by atoms with Gasteiger partial charge in [-0.2, -0.15) is 11.3 Å². The van der Waals surface area contributed by atoms with Gasteiger partial charge in [0.1, 0.15) is 0 Å². The molecule has 33 heavy (non-hydrogen) atoms. The van der Waals surface area contributed by atoms with Crippen molar-refractivity contribution < 1.29 is 0 Å². The van der Waals surface area contributed by atoms with Crippen LogP contribution in [0.3, 0.4) is 0 Å². The molecule has 0 unspecified atom stereocenters. The predicted octanol–water partition coefficient (Wildman–Crippen LogP) is 7.29. The van der Waals surface area contributed by atoms with Crippen LogP contribution >= 0.6 is 11.3 Å². The van der Waals surface area contributed by atoms with Crippen molar-refractivity contribution in [1.29, 1.82) is 0 Å². The van der Waals surface area contributed by atoms with Gasteiger partial charge in [-0.15, -0.1) is 0 Å². The molecule has 4 heteroatoms. The van der Waals surface area contributed by atoms with Gasteiger partial charge < -0.3 is 5.32 Å². The third kappa shape index (κ3) is 9.19. The molecule has 2 nitrogen and oxygen atoms in total. The Kier molecular flexibility index (Phi) is 11.3. The van der Waals surface area contributed by atoms with Crippen molar-refractivity contribution in [2.24, 2.45) is 0 Å². The molecule has 0 saturated carbocycles. The van der Waals surface area contributed by atoms with Crippen molar-refractivity contribution in [2.75, 3.05) is 6.54 Å². The number of nitrogens with zero attached hydrogens (tertiary/aromatic N) is 1. The molecule has 0 amide bonds. The average Bonchev–Trinajstić information content (AvgIpc) is 3.26. The number of aromatic nitrogens is 1. The Morgan fingerprint density at radius 1 is 1.12 bits per heavy atom. The van der Waals surface area contributed by atoms with Gasteiger partial charge in [-0.25, -0.2) is 0 Å². The number of hydrogen-bond acceptors (Lipinski definition) is 3. The normalized spacial score (nSPS) is 11.3. The predicted molar refractivity (Wildman–Crippen MR) is 148 cm³/mol. The first-order valence-corrected chi connectivity index (χ1v) is 12.3. The zero-order chi connectivity index (χ0) is 24.1. The minimum atomic E-state index is 0.798. The molecule has 1 N–H and O–H groups in total. The molecule has 0 saturated heterocycles. The Bertz CT molecular complexity index is 1080. The summed E-state index contributed by atoms with van der Waals surface area (Å²) in [6.45, 7) is 19.6. The van der Waals surface area contributed by atoms with Gasteiger partial charge in [0.15, 0.2) is 0 Å². The van der Waals surface area contributed by atoms with E-state index in [1.807, 2.05) is 37.3 Å². The molecule has 0 bridgehead atoms. The van der Waals surface area contributed by atoms with Gasteiger partial charge in [0.25, 0.3) is 0 Å². The van der Waals surface area contributed by atoms with Crippen molar-refractivity contribution in [1.82, 2.24) is 10.3 Å². The van der Waals surface area contributed by atoms with Crippen LogP contribution in [-0.4, -0.2) is 18.4 Å². The third-order valence-corrected chi connectivity index (χ3v) is 6.12. The first kappa shape index (κ1) is 26.3. The van der Waals surface area contributed by atoms with Gasteiger partial charge in [0.2, 0.25) is 0 Å². The van der Waals surface area contributed by atoms with Crippen LogP contribution in [0.1, 0.15) is 43.2 Å². The van der Waals surface area contributed by atoms with E-state index in [1.165, 1.54) is 22.3 Å². The fourth-order valence-electron chi connectivity index (χ4n) is 3.26. The van der Waals surface area contributed by atoms with Crippen LogP contribution in [0.4, 0.5) is 0 Å². The molecule has 3 rings (SSSR count). The van der Waals surface area contributed by atoms with E-state index in [9.17, 15) is 0 Å². The van der Waals surface area contributed by atoms with Crippen LogP contribution in [0.25, 0.3) is 5.57 Å². The topological polar surface area (TPSA) is 24.9 Å². The maximum atomic E-state index is 4.34. The number of hydrogen-bond donors (Lipinski definition) is 1. The Labute approximate surface area is 204 Å². The van der Waals surface area contributed by atoms with Crippen LogP contribution in [0.2, 0.25) is 0 Å². The monoisotopic (exact) mass is 454 g/mol. The zero-order valence-corrected chi connectivity index (χ0v) is 21.2. The van der Waals surface area contributed by atoms with Crippen molar-refractivity contribution >= 4 is 23.8 Å². The van der Waals surface area contributed by atoms with Gasteiger partial charge in [0.05, 0.1) is 0 Å². The first-order valence-electron chi connectivity index (χ1n) is 11.4. The molecule has 170 valence electrons. The summed E-state index contributed by atoms with van der Waals surface area (Å²) in [5, 5.41) is 7.76. The number of allylic oxidation sites excluding steroid dienone is 4. The van der Waals surface area contributed by atoms with Gasteiger partial charge in [-0.3, -0.25) is 4.98 Å². The second-order valence-electron chi connectivity index (χ2n) is 7.99. The molecule has 0 aliphatic rings. The molecule has 0 fully saturated rings. The number of nitrogens with one attached hydrogen (secondary N) is 1. The Morgan fingerprint density at radius 2 is 1.94 bits per heavy atom. The summed E-state index contributed by atoms with van der Waals surface area (Å²) in [4.78, 5) is 4.34. The van der Waals surface area contributed by atoms with E-state index in [-0.39, 0.29) is 0 Å². The molecule has 0 aliphatic heterocycles. The molecule has 0 atom stereocenters. The quantitative estimate of drug-likeness (QED) is 0.344. The standard InChI is InChI=1S/C22H26N2S.C7H9B/c1-16(2)21(10-9-17(3)22-15-25-14-18(22)4)19(5)23-13-11-20-8-6-7-12-24-20;1-2-7-4-3-5-8-6-7/h6-10,12,14-15,23H,1,5,11,13H2,2-4H3;3-6H,2H2,1H3/b17-9+,21-10-;. The summed E-state index contributed by atoms with van der Waals surface area (Å²) in [6, 6.07) is 10.2. The fraction of sp³-hybridized carbons (Fsp3) is 0.241. The van der Waals surface area contributed by atoms with Crippen LogP contribution in [0.5, 0.6) is 0 Å². The summed E-state index contributed by atoms with van der Waals surface area (Å²) in [6.07, 6.45) is 8.08. The summed E-state index contributed by atoms with van der Waals surface area (Å²) in [5.41, 5.74) is 9.30. The van der Waals surface area contributed by atoms with Crippen LogP contribution in [-0.2, 0) is 12.8 Å². The summed E-state index contributed by atoms with van der Waals surface area (Å²) >= 11 is 1.74. The van der Waals surface area contributed by atoms with Crippen molar-refractivity contribution in [2.45, 2.75) is 40.5 Å². The van der Waals surface area contributed by atoms with Crippen molar-refractivity contribution in [3.8, 4) is 0 Å². The van der Waals surface area contributed by atoms with E-state index < -0.39 is 0 Å². The van der Waals surface area contributed by atoms with Crippen molar-refractivity contribution in [3.63, 3.8) is 0 Å². The van der Waals surface area contributed by atoms with Gasteiger partial charge in [-0.1, -0.05) is 31.4 Å². The fourth-order valence-corrected chi connectivity index (χ4v) is 4.17.